The van der Waals surface area contributed by atoms with Crippen LogP contribution < -0.4 is 0 Å². The van der Waals surface area contributed by atoms with Crippen LogP contribution in [0, 0.1) is 0 Å². The van der Waals surface area contributed by atoms with E-state index in [0.717, 1.165) is 5.56 Å². The van der Waals surface area contributed by atoms with Gasteiger partial charge in [0.25, 0.3) is 0 Å². The van der Waals surface area contributed by atoms with Gasteiger partial charge in [0.15, 0.2) is 5.78 Å². The molecular weight excluding hydrogens is 212 g/mol. The van der Waals surface area contributed by atoms with Crippen LogP contribution in [0.4, 0.5) is 0 Å². The Morgan fingerprint density at radius 3 is 2.67 bits per heavy atom. The molecule has 1 aliphatic carbocycles. The summed E-state index contributed by atoms with van der Waals surface area (Å²) in [5.41, 5.74) is 0.937. The first-order valence-electron chi connectivity index (χ1n) is 4.83. The highest BCUT2D eigenvalue weighted by Crippen LogP contribution is 2.34. The van der Waals surface area contributed by atoms with E-state index in [-0.39, 0.29) is 17.5 Å². The van der Waals surface area contributed by atoms with Gasteiger partial charge in [-0.05, 0) is 17.5 Å². The molecule has 1 N–H and O–H groups in total. The van der Waals surface area contributed by atoms with E-state index in [1.165, 1.54) is 6.08 Å². The van der Waals surface area contributed by atoms with Crippen LogP contribution in [0.15, 0.2) is 36.1 Å². The van der Waals surface area contributed by atoms with E-state index in [0.29, 0.717) is 17.9 Å². The Bertz CT molecular complexity index is 423. The summed E-state index contributed by atoms with van der Waals surface area (Å²) in [4.78, 5) is 11.3. The summed E-state index contributed by atoms with van der Waals surface area (Å²) in [6.45, 7) is 0. The first kappa shape index (κ1) is 10.2. The maximum Gasteiger partial charge on any atom is 0.159 e. The number of benzene rings is 1. The Hall–Kier alpha value is -1.28. The molecule has 2 rings (SSSR count). The molecule has 1 aromatic carbocycles. The maximum absolute atomic E-state index is 11.3. The monoisotopic (exact) mass is 222 g/mol. The molecule has 3 heteroatoms. The van der Waals surface area contributed by atoms with Crippen molar-refractivity contribution in [2.45, 2.75) is 18.8 Å². The van der Waals surface area contributed by atoms with Gasteiger partial charge >= 0.3 is 0 Å². The second kappa shape index (κ2) is 4.07. The SMILES string of the molecule is O=C1C=C(O)C[C@H](c2ccccc2Cl)C1. The molecule has 0 heterocycles. The Morgan fingerprint density at radius 2 is 2.00 bits per heavy atom. The van der Waals surface area contributed by atoms with Crippen molar-refractivity contribution < 1.29 is 9.90 Å². The minimum absolute atomic E-state index is 0.0104. The third kappa shape index (κ3) is 2.21. The van der Waals surface area contributed by atoms with Gasteiger partial charge in [0, 0.05) is 23.9 Å². The number of ketones is 1. The summed E-state index contributed by atoms with van der Waals surface area (Å²) < 4.78 is 0. The van der Waals surface area contributed by atoms with Crippen molar-refractivity contribution in [2.24, 2.45) is 0 Å². The molecule has 0 aromatic heterocycles. The standard InChI is InChI=1S/C12H11ClO2/c13-12-4-2-1-3-11(12)8-5-9(14)7-10(15)6-8/h1-4,7-8,14H,5-6H2/t8-/m0/s1. The van der Waals surface area contributed by atoms with Crippen LogP contribution in [0.25, 0.3) is 0 Å². The van der Waals surface area contributed by atoms with Crippen molar-refractivity contribution in [1.29, 1.82) is 0 Å². The molecule has 0 aliphatic heterocycles. The number of allylic oxidation sites excluding steroid dienone is 2. The Morgan fingerprint density at radius 1 is 1.27 bits per heavy atom. The number of carbonyl (C=O) groups excluding carboxylic acids is 1. The van der Waals surface area contributed by atoms with Crippen LogP contribution in [0.5, 0.6) is 0 Å². The molecule has 1 aliphatic rings. The highest BCUT2D eigenvalue weighted by atomic mass is 35.5. The van der Waals surface area contributed by atoms with Gasteiger partial charge < -0.3 is 5.11 Å². The molecule has 0 saturated heterocycles. The van der Waals surface area contributed by atoms with E-state index in [2.05, 4.69) is 0 Å². The van der Waals surface area contributed by atoms with Gasteiger partial charge in [0.2, 0.25) is 0 Å². The lowest BCUT2D eigenvalue weighted by Crippen LogP contribution is -2.12. The lowest BCUT2D eigenvalue weighted by atomic mass is 9.86. The molecule has 0 fully saturated rings. The predicted octanol–water partition coefficient (Wildman–Crippen LogP) is 3.23. The first-order chi connectivity index (χ1) is 7.16. The molecule has 0 radical (unpaired) electrons. The van der Waals surface area contributed by atoms with E-state index in [1.54, 1.807) is 6.07 Å². The van der Waals surface area contributed by atoms with Crippen molar-refractivity contribution in [3.05, 3.63) is 46.7 Å². The topological polar surface area (TPSA) is 37.3 Å². The van der Waals surface area contributed by atoms with Crippen LogP contribution in [0.1, 0.15) is 24.3 Å². The Balaban J connectivity index is 2.30. The van der Waals surface area contributed by atoms with Crippen LogP contribution in [0.2, 0.25) is 5.02 Å². The van der Waals surface area contributed by atoms with Crippen molar-refractivity contribution in [2.75, 3.05) is 0 Å². The zero-order valence-electron chi connectivity index (χ0n) is 8.11. The van der Waals surface area contributed by atoms with Crippen molar-refractivity contribution in [3.63, 3.8) is 0 Å². The van der Waals surface area contributed by atoms with Gasteiger partial charge in [-0.3, -0.25) is 4.79 Å². The Labute approximate surface area is 93.2 Å². The number of carbonyl (C=O) groups is 1. The van der Waals surface area contributed by atoms with Crippen molar-refractivity contribution >= 4 is 17.4 Å². The molecule has 78 valence electrons. The fourth-order valence-electron chi connectivity index (χ4n) is 1.90. The fraction of sp³-hybridized carbons (Fsp3) is 0.250. The molecule has 15 heavy (non-hydrogen) atoms. The number of hydrogen-bond acceptors (Lipinski definition) is 2. The maximum atomic E-state index is 11.3. The van der Waals surface area contributed by atoms with Gasteiger partial charge in [0.1, 0.15) is 0 Å². The highest BCUT2D eigenvalue weighted by molar-refractivity contribution is 6.31. The van der Waals surface area contributed by atoms with Crippen LogP contribution in [-0.2, 0) is 4.79 Å². The van der Waals surface area contributed by atoms with Gasteiger partial charge in [-0.2, -0.15) is 0 Å². The zero-order valence-corrected chi connectivity index (χ0v) is 8.87. The number of hydrogen-bond donors (Lipinski definition) is 1. The predicted molar refractivity (Wildman–Crippen MR) is 59.1 cm³/mol. The lowest BCUT2D eigenvalue weighted by molar-refractivity contribution is -0.115. The summed E-state index contributed by atoms with van der Waals surface area (Å²) in [5, 5.41) is 10.1. The van der Waals surface area contributed by atoms with Crippen LogP contribution in [0.3, 0.4) is 0 Å². The van der Waals surface area contributed by atoms with E-state index in [4.69, 9.17) is 11.6 Å². The van der Waals surface area contributed by atoms with E-state index in [9.17, 15) is 9.90 Å². The highest BCUT2D eigenvalue weighted by Gasteiger charge is 2.23. The van der Waals surface area contributed by atoms with Crippen LogP contribution >= 0.6 is 11.6 Å². The Kier molecular flexibility index (Phi) is 2.78. The molecule has 0 unspecified atom stereocenters. The third-order valence-electron chi connectivity index (χ3n) is 2.58. The summed E-state index contributed by atoms with van der Waals surface area (Å²) in [5.74, 6) is 0.121. The van der Waals surface area contributed by atoms with Gasteiger partial charge in [0.05, 0.1) is 5.76 Å². The first-order valence-corrected chi connectivity index (χ1v) is 5.21. The average Bonchev–Trinajstić information content (AvgIpc) is 2.16. The number of halogens is 1. The average molecular weight is 223 g/mol. The van der Waals surface area contributed by atoms with Gasteiger partial charge in [-0.15, -0.1) is 0 Å². The molecule has 1 aromatic rings. The summed E-state index contributed by atoms with van der Waals surface area (Å²) in [6.07, 6.45) is 2.22. The summed E-state index contributed by atoms with van der Waals surface area (Å²) >= 11 is 6.04. The minimum Gasteiger partial charge on any atom is -0.512 e. The lowest BCUT2D eigenvalue weighted by Gasteiger charge is -2.20. The van der Waals surface area contributed by atoms with E-state index >= 15 is 0 Å². The largest absolute Gasteiger partial charge is 0.512 e. The zero-order chi connectivity index (χ0) is 10.8. The van der Waals surface area contributed by atoms with Crippen molar-refractivity contribution in [3.8, 4) is 0 Å². The second-order valence-corrected chi connectivity index (χ2v) is 4.14. The normalized spacial score (nSPS) is 21.3. The van der Waals surface area contributed by atoms with Gasteiger partial charge in [-0.25, -0.2) is 0 Å². The van der Waals surface area contributed by atoms with Gasteiger partial charge in [-0.1, -0.05) is 29.8 Å². The molecule has 2 nitrogen and oxygen atoms in total. The van der Waals surface area contributed by atoms with E-state index < -0.39 is 0 Å². The quantitative estimate of drug-likeness (QED) is 0.792. The molecule has 0 spiro atoms. The summed E-state index contributed by atoms with van der Waals surface area (Å²) in [6, 6.07) is 7.45. The smallest absolute Gasteiger partial charge is 0.159 e. The molecular formula is C12H11ClO2. The molecule has 0 bridgehead atoms. The van der Waals surface area contributed by atoms with Crippen molar-refractivity contribution in [1.82, 2.24) is 0 Å². The second-order valence-electron chi connectivity index (χ2n) is 3.73. The number of rotatable bonds is 1. The number of aliphatic hydroxyl groups is 1. The fourth-order valence-corrected chi connectivity index (χ4v) is 2.19. The molecule has 0 saturated carbocycles. The molecule has 1 atom stereocenters. The summed E-state index contributed by atoms with van der Waals surface area (Å²) in [7, 11) is 0. The van der Waals surface area contributed by atoms with Crippen LogP contribution in [-0.4, -0.2) is 10.9 Å². The van der Waals surface area contributed by atoms with E-state index in [1.807, 2.05) is 18.2 Å². The molecule has 0 amide bonds. The number of aliphatic hydroxyl groups excluding tert-OH is 1. The minimum atomic E-state index is -0.0383. The third-order valence-corrected chi connectivity index (χ3v) is 2.92.